The number of carboxylic acid groups (broad SMARTS) is 1. The quantitative estimate of drug-likeness (QED) is 0.0341. The molecule has 3 aromatic carbocycles. The monoisotopic (exact) mass is 1810 g/mol. The summed E-state index contributed by atoms with van der Waals surface area (Å²) in [6, 6.07) is 13.5. The number of carbonyl (C=O) groups excluding carboxylic acids is 2. The van der Waals surface area contributed by atoms with Crippen LogP contribution < -0.4 is 0 Å². The van der Waals surface area contributed by atoms with Gasteiger partial charge >= 0.3 is 47.9 Å². The molecule has 0 saturated heterocycles. The van der Waals surface area contributed by atoms with Crippen molar-refractivity contribution in [1.29, 1.82) is 0 Å². The Hall–Kier alpha value is -7.08. The number of aliphatic carboxylic acids is 1. The van der Waals surface area contributed by atoms with Crippen molar-refractivity contribution in [3.63, 3.8) is 0 Å². The van der Waals surface area contributed by atoms with Gasteiger partial charge in [0.05, 0.1) is 30.1 Å². The van der Waals surface area contributed by atoms with Crippen LogP contribution in [0.3, 0.4) is 0 Å². The molecule has 0 fully saturated rings. The normalized spacial score (nSPS) is 11.6. The summed E-state index contributed by atoms with van der Waals surface area (Å²) in [5.74, 6) is -1.17. The van der Waals surface area contributed by atoms with Gasteiger partial charge in [-0.25, -0.2) is 28.1 Å². The molecule has 0 bridgehead atoms. The van der Waals surface area contributed by atoms with Gasteiger partial charge in [-0.3, -0.25) is 14.4 Å². The van der Waals surface area contributed by atoms with Gasteiger partial charge in [-0.1, -0.05) is 127 Å². The van der Waals surface area contributed by atoms with E-state index in [0.717, 1.165) is 27.5 Å². The van der Waals surface area contributed by atoms with Gasteiger partial charge < -0.3 is 48.3 Å². The topological polar surface area (TPSA) is 259 Å². The Kier molecular flexibility index (Phi) is 30.0. The first-order valence-electron chi connectivity index (χ1n) is 33.2. The summed E-state index contributed by atoms with van der Waals surface area (Å²) in [7, 11) is 0. The molecule has 0 unspecified atom stereocenters. The van der Waals surface area contributed by atoms with E-state index in [2.05, 4.69) is 130 Å². The Bertz CT molecular complexity index is 5170. The van der Waals surface area contributed by atoms with Crippen molar-refractivity contribution in [1.82, 2.24) is 58.6 Å². The molecule has 9 heterocycles. The second kappa shape index (κ2) is 37.6. The van der Waals surface area contributed by atoms with Crippen LogP contribution in [0.5, 0.6) is 0 Å². The second-order valence-corrected chi connectivity index (χ2v) is 31.4. The molecular formula is C74H73BrCl6F3IN12O9Zn. The number of carbonyl (C=O) groups is 3. The van der Waals surface area contributed by atoms with Crippen LogP contribution >= 0.6 is 106 Å². The van der Waals surface area contributed by atoms with Gasteiger partial charge in [0.2, 0.25) is 17.5 Å². The van der Waals surface area contributed by atoms with Crippen molar-refractivity contribution >= 4 is 141 Å². The van der Waals surface area contributed by atoms with Crippen LogP contribution in [0.15, 0.2) is 105 Å². The molecule has 0 aliphatic rings. The van der Waals surface area contributed by atoms with Crippen molar-refractivity contribution in [3.8, 4) is 68.9 Å². The number of rotatable bonds is 19. The number of aromatic nitrogens is 12. The maximum absolute atomic E-state index is 14.8. The molecule has 0 radical (unpaired) electrons. The standard InChI is InChI=1S/C26H27Cl2FN4O3.C22H18Cl2FIN4O3.C22H19Cl2FN4O3.C4H9.BrH.Zn/c1-14(2)8-15-9-19(28)24-30-21(13-33(24)12-15)25-31-23(32-36-25)17-11-20(29)16(10-18(17)27)6-7-22(34)35-26(3,4)5;1-22(2,3)32-18(31)5-4-11-6-14(23)13(8-16(11)25)19-28-21(33-29-19)17-10-30-9-12(26)7-15(24)20(30)27-17;1-11(2)5-12-6-16(24)21-26-18(10-29(21)9-12)22-27-20(28-32-22)14-8-17(25)13(7-15(14)23)3-4-19(30)31;1-4(2)3;;/h9-14H,6-8H2,1-5H3;6-10H,4-5H2,1-3H3;6-11H,3-5H2,1-2H3,(H,30,31);4H,1H2,2-3H3;1H;/q;;;-1;;+2/p-1. The van der Waals surface area contributed by atoms with E-state index in [1.807, 2.05) is 39.5 Å². The summed E-state index contributed by atoms with van der Waals surface area (Å²) in [5.41, 5.74) is 5.48. The Balaban J connectivity index is 0.000000195. The van der Waals surface area contributed by atoms with Gasteiger partial charge in [0, 0.05) is 76.7 Å². The molecule has 12 aromatic rings. The third-order valence-electron chi connectivity index (χ3n) is 14.6. The molecule has 0 atom stereocenters. The third-order valence-corrected chi connectivity index (χ3v) is 17.0. The molecule has 21 nitrogen and oxygen atoms in total. The fourth-order valence-electron chi connectivity index (χ4n) is 10.4. The van der Waals surface area contributed by atoms with Crippen LogP contribution in [0.2, 0.25) is 30.1 Å². The van der Waals surface area contributed by atoms with Crippen molar-refractivity contribution in [3.05, 3.63) is 178 Å². The number of hydrogen-bond donors (Lipinski definition) is 1. The summed E-state index contributed by atoms with van der Waals surface area (Å²) in [4.78, 5) is 61.1. The van der Waals surface area contributed by atoms with Crippen LogP contribution in [-0.4, -0.2) is 92.8 Å². The number of hydrogen-bond acceptors (Lipinski definition) is 17. The zero-order valence-electron chi connectivity index (χ0n) is 60.2. The predicted octanol–water partition coefficient (Wildman–Crippen LogP) is 21.4. The van der Waals surface area contributed by atoms with Gasteiger partial charge in [-0.15, -0.1) is 0 Å². The van der Waals surface area contributed by atoms with Gasteiger partial charge in [0.1, 0.15) is 45.7 Å². The molecule has 0 amide bonds. The van der Waals surface area contributed by atoms with Crippen LogP contribution in [-0.2, 0) is 72.3 Å². The van der Waals surface area contributed by atoms with E-state index in [-0.39, 0.29) is 111 Å². The van der Waals surface area contributed by atoms with Crippen molar-refractivity contribution < 1.29 is 72.0 Å². The zero-order chi connectivity index (χ0) is 78.7. The number of fused-ring (bicyclic) bond motifs is 3. The first-order chi connectivity index (χ1) is 50.3. The minimum atomic E-state index is -1.02. The van der Waals surface area contributed by atoms with Gasteiger partial charge in [-0.2, -0.15) is 20.9 Å². The molecule has 0 spiro atoms. The number of esters is 2. The molecule has 0 aliphatic carbocycles. The maximum atomic E-state index is 14.8. The van der Waals surface area contributed by atoms with Gasteiger partial charge in [0.25, 0.3) is 17.7 Å². The Morgan fingerprint density at radius 2 is 0.794 bits per heavy atom. The first-order valence-corrected chi connectivity index (χ1v) is 43.5. The van der Waals surface area contributed by atoms with Crippen molar-refractivity contribution in [2.45, 2.75) is 146 Å². The average molecular weight is 1820 g/mol. The fourth-order valence-corrected chi connectivity index (χ4v) is 12.8. The van der Waals surface area contributed by atoms with E-state index in [4.69, 9.17) is 97.8 Å². The summed E-state index contributed by atoms with van der Waals surface area (Å²) >= 11 is 44.6. The molecule has 0 saturated carbocycles. The van der Waals surface area contributed by atoms with E-state index >= 15 is 0 Å². The minimum absolute atomic E-state index is 0.0272. The number of aryl methyl sites for hydroxylation is 3. The Morgan fingerprint density at radius 3 is 1.09 bits per heavy atom. The van der Waals surface area contributed by atoms with E-state index in [1.165, 1.54) is 52.7 Å². The molecule has 1 N–H and O–H groups in total. The molecule has 107 heavy (non-hydrogen) atoms. The number of benzene rings is 3. The second-order valence-electron chi connectivity index (χ2n) is 27.7. The van der Waals surface area contributed by atoms with Crippen LogP contribution in [0.4, 0.5) is 13.2 Å². The molecule has 12 rings (SSSR count). The molecule has 562 valence electrons. The average Bonchev–Trinajstić information content (AvgIpc) is 1.65. The number of ether oxygens (including phenoxy) is 2. The van der Waals surface area contributed by atoms with E-state index < -0.39 is 46.6 Å². The van der Waals surface area contributed by atoms with Crippen LogP contribution in [0.1, 0.15) is 130 Å². The number of carboxylic acids is 1. The third kappa shape index (κ3) is 24.0. The van der Waals surface area contributed by atoms with Gasteiger partial charge in [-0.05, 0) is 190 Å². The number of pyridine rings is 3. The summed E-state index contributed by atoms with van der Waals surface area (Å²) in [6.07, 6.45) is 12.9. The van der Waals surface area contributed by atoms with Crippen molar-refractivity contribution in [2.24, 2.45) is 17.8 Å². The Labute approximate surface area is 675 Å². The Morgan fingerprint density at radius 1 is 0.495 bits per heavy atom. The predicted molar refractivity (Wildman–Crippen MR) is 415 cm³/mol. The number of halogens is 11. The molecular weight excluding hydrogens is 1740 g/mol. The summed E-state index contributed by atoms with van der Waals surface area (Å²) in [6.45, 7) is 26.9. The molecule has 0 aliphatic heterocycles. The van der Waals surface area contributed by atoms with Gasteiger partial charge in [0.15, 0.2) is 16.9 Å². The number of imidazole rings is 3. The summed E-state index contributed by atoms with van der Waals surface area (Å²) in [5, 5.41) is 22.8. The number of nitrogens with zero attached hydrogens (tertiary/aromatic N) is 12. The van der Waals surface area contributed by atoms with Crippen molar-refractivity contribution in [2.75, 3.05) is 0 Å². The SMILES string of the molecule is CC(C)(C)OC(=O)CCc1cc(Cl)c(-c2noc(-c3cn4cc(I)cc(Cl)c4n3)n2)cc1F.CC(C)Cc1cc(Cl)c2nc(-c3nc(-c4cc(F)c(CCC(=O)O)cc4Cl)no3)cn2c1.CC(C)Cc1cc(Cl)c2nc(-c3nc(-c4cc(F)c(CCC(=O)OC(C)(C)C)cc4Cl)no3)cn2c1.[CH2-]C(C)C.[Zn+][Br]. The van der Waals surface area contributed by atoms with Crippen LogP contribution in [0, 0.1) is 45.7 Å². The van der Waals surface area contributed by atoms with E-state index in [9.17, 15) is 27.6 Å². The fraction of sp³-hybridized carbons (Fsp3) is 0.338. The van der Waals surface area contributed by atoms with E-state index in [0.29, 0.717) is 78.0 Å². The molecule has 9 aromatic heterocycles. The summed E-state index contributed by atoms with van der Waals surface area (Å²) < 4.78 is 76.9. The first kappa shape index (κ1) is 85.5. The molecule has 33 heteroatoms. The van der Waals surface area contributed by atoms with Crippen LogP contribution in [0.25, 0.3) is 85.9 Å². The zero-order valence-corrected chi connectivity index (χ0v) is 71.4. The van der Waals surface area contributed by atoms with E-state index in [1.54, 1.807) is 70.6 Å².